The maximum atomic E-state index is 6.35. The Hall–Kier alpha value is 0.230. The first-order valence-electron chi connectivity index (χ1n) is 10.9. The molecule has 0 aromatic carbocycles. The smallest absolute Gasteiger partial charge is 0.286 e. The lowest BCUT2D eigenvalue weighted by atomic mass is 9.92. The maximum Gasteiger partial charge on any atom is 0.286 e. The first-order chi connectivity index (χ1) is 12.3. The average Bonchev–Trinajstić information content (AvgIpc) is 2.51. The van der Waals surface area contributed by atoms with E-state index in [0.29, 0.717) is 0 Å². The molecule has 1 unspecified atom stereocenters. The van der Waals surface area contributed by atoms with Crippen molar-refractivity contribution in [3.63, 3.8) is 0 Å². The Bertz CT molecular complexity index is 292. The van der Waals surface area contributed by atoms with E-state index >= 15 is 0 Å². The normalized spacial score (nSPS) is 14.0. The van der Waals surface area contributed by atoms with E-state index in [9.17, 15) is 0 Å². The molecule has 0 amide bonds. The lowest BCUT2D eigenvalue weighted by molar-refractivity contribution is -0.433. The Kier molecular flexibility index (Phi) is 15.3. The van der Waals surface area contributed by atoms with Gasteiger partial charge in [-0.2, -0.15) is 12.6 Å². The minimum Gasteiger partial charge on any atom is -0.324 e. The van der Waals surface area contributed by atoms with Crippen molar-refractivity contribution < 1.29 is 14.2 Å². The molecule has 26 heavy (non-hydrogen) atoms. The van der Waals surface area contributed by atoms with Gasteiger partial charge in [-0.15, -0.1) is 0 Å². The number of hydrogen-bond donors (Lipinski definition) is 1. The summed E-state index contributed by atoms with van der Waals surface area (Å²) in [5, 5.41) is 0. The summed E-state index contributed by atoms with van der Waals surface area (Å²) in [7, 11) is 0. The SMILES string of the molecule is CCCCCCCCC(CCCS)C(OC(C)C)(OC(C)C)OC(C)C. The van der Waals surface area contributed by atoms with Crippen molar-refractivity contribution in [2.45, 2.75) is 131 Å². The molecule has 3 nitrogen and oxygen atoms in total. The Morgan fingerprint density at radius 3 is 1.50 bits per heavy atom. The number of rotatable bonds is 17. The Balaban J connectivity index is 5.19. The zero-order valence-electron chi connectivity index (χ0n) is 18.6. The molecule has 0 aromatic heterocycles. The van der Waals surface area contributed by atoms with Gasteiger partial charge in [-0.05, 0) is 66.6 Å². The zero-order chi connectivity index (χ0) is 20.0. The van der Waals surface area contributed by atoms with Gasteiger partial charge in [-0.25, -0.2) is 0 Å². The molecule has 0 saturated carbocycles. The molecule has 0 N–H and O–H groups in total. The second-order valence-corrected chi connectivity index (χ2v) is 8.67. The van der Waals surface area contributed by atoms with Gasteiger partial charge in [0.15, 0.2) is 0 Å². The fourth-order valence-corrected chi connectivity index (χ4v) is 3.55. The lowest BCUT2D eigenvalue weighted by Gasteiger charge is -2.43. The predicted octanol–water partition coefficient (Wildman–Crippen LogP) is 6.99. The monoisotopic (exact) mass is 390 g/mol. The highest BCUT2D eigenvalue weighted by molar-refractivity contribution is 7.80. The summed E-state index contributed by atoms with van der Waals surface area (Å²) >= 11 is 4.43. The van der Waals surface area contributed by atoms with E-state index in [-0.39, 0.29) is 24.2 Å². The van der Waals surface area contributed by atoms with Crippen LogP contribution in [0.15, 0.2) is 0 Å². The molecule has 0 aliphatic heterocycles. The largest absolute Gasteiger partial charge is 0.324 e. The molecule has 158 valence electrons. The summed E-state index contributed by atoms with van der Waals surface area (Å²) in [4.78, 5) is 0. The summed E-state index contributed by atoms with van der Waals surface area (Å²) in [6, 6.07) is 0. The summed E-state index contributed by atoms with van der Waals surface area (Å²) in [6.45, 7) is 14.6. The van der Waals surface area contributed by atoms with Crippen molar-refractivity contribution in [2.24, 2.45) is 5.92 Å². The van der Waals surface area contributed by atoms with E-state index in [1.165, 1.54) is 38.5 Å². The molecule has 4 heteroatoms. The molecule has 0 saturated heterocycles. The quantitative estimate of drug-likeness (QED) is 0.165. The number of ether oxygens (including phenoxy) is 3. The van der Waals surface area contributed by atoms with Crippen LogP contribution in [0.3, 0.4) is 0 Å². The molecular weight excluding hydrogens is 344 g/mol. The van der Waals surface area contributed by atoms with Gasteiger partial charge in [0.2, 0.25) is 0 Å². The van der Waals surface area contributed by atoms with Crippen LogP contribution in [0, 0.1) is 5.92 Å². The Labute approximate surface area is 169 Å². The molecule has 0 spiro atoms. The molecular formula is C22H46O3S. The van der Waals surface area contributed by atoms with Gasteiger partial charge in [0, 0.05) is 5.92 Å². The third-order valence-electron chi connectivity index (χ3n) is 4.32. The summed E-state index contributed by atoms with van der Waals surface area (Å²) in [5.41, 5.74) is 0. The molecule has 0 aromatic rings. The van der Waals surface area contributed by atoms with Crippen molar-refractivity contribution >= 4 is 12.6 Å². The van der Waals surface area contributed by atoms with Crippen molar-refractivity contribution in [1.29, 1.82) is 0 Å². The second-order valence-electron chi connectivity index (χ2n) is 8.22. The highest BCUT2D eigenvalue weighted by Gasteiger charge is 2.44. The van der Waals surface area contributed by atoms with Crippen LogP contribution in [-0.4, -0.2) is 30.0 Å². The number of hydrogen-bond acceptors (Lipinski definition) is 4. The molecule has 0 radical (unpaired) electrons. The highest BCUT2D eigenvalue weighted by atomic mass is 32.1. The standard InChI is InChI=1S/C22H46O3S/c1-8-9-10-11-12-13-15-21(16-14-17-26)22(23-18(2)3,24-19(4)5)25-20(6)7/h18-21,26H,8-17H2,1-7H3. The topological polar surface area (TPSA) is 27.7 Å². The number of unbranched alkanes of at least 4 members (excludes halogenated alkanes) is 5. The van der Waals surface area contributed by atoms with E-state index in [2.05, 4.69) is 61.1 Å². The molecule has 1 atom stereocenters. The first kappa shape index (κ1) is 26.2. The summed E-state index contributed by atoms with van der Waals surface area (Å²) in [6.07, 6.45) is 11.1. The van der Waals surface area contributed by atoms with Gasteiger partial charge in [-0.3, -0.25) is 0 Å². The van der Waals surface area contributed by atoms with E-state index < -0.39 is 5.97 Å². The van der Waals surface area contributed by atoms with Crippen molar-refractivity contribution in [3.05, 3.63) is 0 Å². The molecule has 0 aliphatic carbocycles. The van der Waals surface area contributed by atoms with Crippen molar-refractivity contribution in [1.82, 2.24) is 0 Å². The molecule has 0 fully saturated rings. The predicted molar refractivity (Wildman–Crippen MR) is 116 cm³/mol. The summed E-state index contributed by atoms with van der Waals surface area (Å²) in [5.74, 6) is 0.157. The first-order valence-corrected chi connectivity index (χ1v) is 11.5. The third-order valence-corrected chi connectivity index (χ3v) is 4.63. The fourth-order valence-electron chi connectivity index (χ4n) is 3.36. The van der Waals surface area contributed by atoms with E-state index in [1.807, 2.05) is 0 Å². The number of thiol groups is 1. The molecule has 0 rings (SSSR count). The Morgan fingerprint density at radius 1 is 0.654 bits per heavy atom. The van der Waals surface area contributed by atoms with E-state index in [1.54, 1.807) is 0 Å². The van der Waals surface area contributed by atoms with Crippen molar-refractivity contribution in [3.8, 4) is 0 Å². The molecule has 0 aliphatic rings. The van der Waals surface area contributed by atoms with Crippen LogP contribution in [0.1, 0.15) is 106 Å². The lowest BCUT2D eigenvalue weighted by Crippen LogP contribution is -2.51. The van der Waals surface area contributed by atoms with Gasteiger partial charge in [0.05, 0.1) is 18.3 Å². The van der Waals surface area contributed by atoms with Crippen LogP contribution in [0.5, 0.6) is 0 Å². The van der Waals surface area contributed by atoms with Crippen LogP contribution in [-0.2, 0) is 14.2 Å². The fraction of sp³-hybridized carbons (Fsp3) is 1.00. The minimum atomic E-state index is -0.955. The van der Waals surface area contributed by atoms with Crippen LogP contribution in [0.25, 0.3) is 0 Å². The Morgan fingerprint density at radius 2 is 1.08 bits per heavy atom. The van der Waals surface area contributed by atoms with Crippen LogP contribution in [0.4, 0.5) is 0 Å². The van der Waals surface area contributed by atoms with Gasteiger partial charge in [0.1, 0.15) is 0 Å². The average molecular weight is 391 g/mol. The third kappa shape index (κ3) is 11.8. The van der Waals surface area contributed by atoms with Gasteiger partial charge < -0.3 is 14.2 Å². The highest BCUT2D eigenvalue weighted by Crippen LogP contribution is 2.37. The molecule has 0 bridgehead atoms. The maximum absolute atomic E-state index is 6.35. The van der Waals surface area contributed by atoms with Crippen LogP contribution < -0.4 is 0 Å². The summed E-state index contributed by atoms with van der Waals surface area (Å²) < 4.78 is 19.0. The van der Waals surface area contributed by atoms with Crippen LogP contribution >= 0.6 is 12.6 Å². The van der Waals surface area contributed by atoms with Gasteiger partial charge in [-0.1, -0.05) is 45.4 Å². The zero-order valence-corrected chi connectivity index (χ0v) is 19.4. The minimum absolute atomic E-state index is 0.0514. The van der Waals surface area contributed by atoms with Crippen molar-refractivity contribution in [2.75, 3.05) is 5.75 Å². The molecule has 0 heterocycles. The van der Waals surface area contributed by atoms with Gasteiger partial charge >= 0.3 is 0 Å². The van der Waals surface area contributed by atoms with Crippen LogP contribution in [0.2, 0.25) is 0 Å². The van der Waals surface area contributed by atoms with Gasteiger partial charge in [0.25, 0.3) is 5.97 Å². The van der Waals surface area contributed by atoms with E-state index in [4.69, 9.17) is 14.2 Å². The second kappa shape index (κ2) is 15.2. The van der Waals surface area contributed by atoms with E-state index in [0.717, 1.165) is 25.0 Å².